The third kappa shape index (κ3) is 4.09. The summed E-state index contributed by atoms with van der Waals surface area (Å²) in [5.41, 5.74) is 1.49. The van der Waals surface area contributed by atoms with E-state index in [-0.39, 0.29) is 30.2 Å². The van der Waals surface area contributed by atoms with Gasteiger partial charge in [-0.2, -0.15) is 0 Å². The second-order valence-corrected chi connectivity index (χ2v) is 7.28. The Hall–Kier alpha value is -3.08. The standard InChI is InChI=1S/C23H24N2O3/c26-22(24-18-11-5-2-6-12-18)16-25-19-13-7-8-14-20(19)28-21(23(25)27)15-17-9-3-1-4-10-17/h1,3-4,7-10,13-15,18H,2,5-6,11-12,16H2,(H,24,26). The number of nitrogens with zero attached hydrogens (tertiary/aromatic N) is 1. The zero-order valence-corrected chi connectivity index (χ0v) is 15.8. The summed E-state index contributed by atoms with van der Waals surface area (Å²) >= 11 is 0. The molecular formula is C23H24N2O3. The number of hydrogen-bond acceptors (Lipinski definition) is 3. The molecule has 0 aromatic heterocycles. The number of nitrogens with one attached hydrogen (secondary N) is 1. The van der Waals surface area contributed by atoms with E-state index in [2.05, 4.69) is 5.32 Å². The van der Waals surface area contributed by atoms with Gasteiger partial charge in [-0.3, -0.25) is 14.5 Å². The highest BCUT2D eigenvalue weighted by molar-refractivity contribution is 6.12. The predicted octanol–water partition coefficient (Wildman–Crippen LogP) is 3.90. The van der Waals surface area contributed by atoms with Crippen molar-refractivity contribution < 1.29 is 14.3 Å². The molecule has 2 aromatic carbocycles. The third-order valence-electron chi connectivity index (χ3n) is 5.20. The number of carbonyl (C=O) groups excluding carboxylic acids is 2. The van der Waals surface area contributed by atoms with Crippen LogP contribution in [-0.4, -0.2) is 24.4 Å². The lowest BCUT2D eigenvalue weighted by Crippen LogP contribution is -2.47. The minimum Gasteiger partial charge on any atom is -0.449 e. The van der Waals surface area contributed by atoms with Crippen molar-refractivity contribution in [2.24, 2.45) is 0 Å². The number of fused-ring (bicyclic) bond motifs is 1. The maximum absolute atomic E-state index is 13.1. The molecule has 1 aliphatic heterocycles. The smallest absolute Gasteiger partial charge is 0.294 e. The van der Waals surface area contributed by atoms with Crippen LogP contribution in [0.15, 0.2) is 60.4 Å². The van der Waals surface area contributed by atoms with Crippen molar-refractivity contribution >= 4 is 23.6 Å². The van der Waals surface area contributed by atoms with Gasteiger partial charge in [-0.15, -0.1) is 0 Å². The average Bonchev–Trinajstić information content (AvgIpc) is 2.72. The van der Waals surface area contributed by atoms with Gasteiger partial charge in [0.1, 0.15) is 6.54 Å². The number of benzene rings is 2. The second-order valence-electron chi connectivity index (χ2n) is 7.28. The van der Waals surface area contributed by atoms with E-state index in [0.717, 1.165) is 31.2 Å². The number of amides is 2. The Labute approximate surface area is 165 Å². The maximum Gasteiger partial charge on any atom is 0.294 e. The highest BCUT2D eigenvalue weighted by Gasteiger charge is 2.32. The minimum absolute atomic E-state index is 0.0121. The summed E-state index contributed by atoms with van der Waals surface area (Å²) in [6, 6.07) is 17.1. The van der Waals surface area contributed by atoms with Gasteiger partial charge in [-0.25, -0.2) is 0 Å². The molecule has 0 atom stereocenters. The molecule has 1 aliphatic carbocycles. The van der Waals surface area contributed by atoms with Crippen LogP contribution in [0, 0.1) is 0 Å². The van der Waals surface area contributed by atoms with Crippen LogP contribution in [-0.2, 0) is 9.59 Å². The Morgan fingerprint density at radius 3 is 2.54 bits per heavy atom. The number of anilines is 1. The van der Waals surface area contributed by atoms with Crippen LogP contribution in [0.2, 0.25) is 0 Å². The maximum atomic E-state index is 13.1. The first-order chi connectivity index (χ1) is 13.7. The molecule has 5 nitrogen and oxygen atoms in total. The van der Waals surface area contributed by atoms with Gasteiger partial charge in [0.2, 0.25) is 5.91 Å². The molecule has 0 saturated heterocycles. The molecule has 2 amide bonds. The van der Waals surface area contributed by atoms with Crippen molar-refractivity contribution in [1.82, 2.24) is 5.32 Å². The Balaban J connectivity index is 1.56. The van der Waals surface area contributed by atoms with Gasteiger partial charge in [0.05, 0.1) is 5.69 Å². The molecule has 1 saturated carbocycles. The quantitative estimate of drug-likeness (QED) is 0.824. The van der Waals surface area contributed by atoms with E-state index in [1.54, 1.807) is 12.1 Å². The zero-order valence-electron chi connectivity index (χ0n) is 15.8. The van der Waals surface area contributed by atoms with Crippen molar-refractivity contribution in [3.8, 4) is 5.75 Å². The minimum atomic E-state index is -0.304. The van der Waals surface area contributed by atoms with E-state index >= 15 is 0 Å². The first kappa shape index (κ1) is 18.3. The van der Waals surface area contributed by atoms with Crippen molar-refractivity contribution in [1.29, 1.82) is 0 Å². The molecule has 2 aromatic rings. The highest BCUT2D eigenvalue weighted by atomic mass is 16.5. The van der Waals surface area contributed by atoms with Crippen molar-refractivity contribution in [2.75, 3.05) is 11.4 Å². The molecule has 4 rings (SSSR count). The fourth-order valence-electron chi connectivity index (χ4n) is 3.78. The molecule has 0 bridgehead atoms. The summed E-state index contributed by atoms with van der Waals surface area (Å²) in [7, 11) is 0. The first-order valence-corrected chi connectivity index (χ1v) is 9.85. The molecule has 5 heteroatoms. The monoisotopic (exact) mass is 376 g/mol. The Morgan fingerprint density at radius 2 is 1.75 bits per heavy atom. The molecule has 28 heavy (non-hydrogen) atoms. The van der Waals surface area contributed by atoms with Crippen LogP contribution >= 0.6 is 0 Å². The molecular weight excluding hydrogens is 352 g/mol. The lowest BCUT2D eigenvalue weighted by atomic mass is 9.95. The first-order valence-electron chi connectivity index (χ1n) is 9.85. The summed E-state index contributed by atoms with van der Waals surface area (Å²) in [6.07, 6.45) is 7.26. The number of rotatable bonds is 4. The van der Waals surface area contributed by atoms with Crippen LogP contribution in [0.5, 0.6) is 5.75 Å². The number of carbonyl (C=O) groups is 2. The van der Waals surface area contributed by atoms with Crippen molar-refractivity contribution in [2.45, 2.75) is 38.1 Å². The van der Waals surface area contributed by atoms with Crippen molar-refractivity contribution in [3.63, 3.8) is 0 Å². The average molecular weight is 376 g/mol. The summed E-state index contributed by atoms with van der Waals surface area (Å²) in [6.45, 7) is -0.0121. The topological polar surface area (TPSA) is 58.6 Å². The van der Waals surface area contributed by atoms with Gasteiger partial charge in [0.15, 0.2) is 11.5 Å². The second kappa shape index (κ2) is 8.30. The van der Waals surface area contributed by atoms with Gasteiger partial charge < -0.3 is 10.1 Å². The number of hydrogen-bond donors (Lipinski definition) is 1. The number of para-hydroxylation sites is 2. The van der Waals surface area contributed by atoms with Gasteiger partial charge >= 0.3 is 0 Å². The van der Waals surface area contributed by atoms with Gasteiger partial charge in [0.25, 0.3) is 5.91 Å². The third-order valence-corrected chi connectivity index (χ3v) is 5.20. The van der Waals surface area contributed by atoms with E-state index < -0.39 is 0 Å². The predicted molar refractivity (Wildman–Crippen MR) is 109 cm³/mol. The normalized spacial score (nSPS) is 18.5. The fraction of sp³-hybridized carbons (Fsp3) is 0.304. The van der Waals surface area contributed by atoms with Gasteiger partial charge in [-0.1, -0.05) is 61.7 Å². The van der Waals surface area contributed by atoms with E-state index in [0.29, 0.717) is 11.4 Å². The summed E-state index contributed by atoms with van der Waals surface area (Å²) in [5, 5.41) is 3.09. The molecule has 1 N–H and O–H groups in total. The molecule has 0 spiro atoms. The van der Waals surface area contributed by atoms with E-state index in [1.165, 1.54) is 11.3 Å². The zero-order chi connectivity index (χ0) is 19.3. The molecule has 2 aliphatic rings. The lowest BCUT2D eigenvalue weighted by Gasteiger charge is -2.31. The summed E-state index contributed by atoms with van der Waals surface area (Å²) in [4.78, 5) is 27.2. The molecule has 144 valence electrons. The van der Waals surface area contributed by atoms with E-state index in [9.17, 15) is 9.59 Å². The Bertz CT molecular complexity index is 886. The van der Waals surface area contributed by atoms with E-state index in [4.69, 9.17) is 4.74 Å². The summed E-state index contributed by atoms with van der Waals surface area (Å²) < 4.78 is 5.85. The van der Waals surface area contributed by atoms with Gasteiger partial charge in [0, 0.05) is 6.04 Å². The van der Waals surface area contributed by atoms with Crippen LogP contribution in [0.4, 0.5) is 5.69 Å². The fourth-order valence-corrected chi connectivity index (χ4v) is 3.78. The van der Waals surface area contributed by atoms with Crippen LogP contribution in [0.1, 0.15) is 37.7 Å². The molecule has 0 radical (unpaired) electrons. The SMILES string of the molecule is O=C(CN1C(=O)C(=Cc2ccccc2)Oc2ccccc21)NC1CCCCC1. The molecule has 0 unspecified atom stereocenters. The lowest BCUT2D eigenvalue weighted by molar-refractivity contribution is -0.124. The number of ether oxygens (including phenoxy) is 1. The molecule has 1 fully saturated rings. The largest absolute Gasteiger partial charge is 0.449 e. The molecule has 1 heterocycles. The highest BCUT2D eigenvalue weighted by Crippen LogP contribution is 2.35. The Morgan fingerprint density at radius 1 is 1.04 bits per heavy atom. The van der Waals surface area contributed by atoms with Crippen molar-refractivity contribution in [3.05, 3.63) is 65.9 Å². The van der Waals surface area contributed by atoms with Crippen LogP contribution < -0.4 is 15.0 Å². The van der Waals surface area contributed by atoms with Crippen LogP contribution in [0.25, 0.3) is 6.08 Å². The summed E-state index contributed by atoms with van der Waals surface area (Å²) in [5.74, 6) is 0.363. The van der Waals surface area contributed by atoms with Gasteiger partial charge in [-0.05, 0) is 36.6 Å². The van der Waals surface area contributed by atoms with E-state index in [1.807, 2.05) is 48.5 Å². The van der Waals surface area contributed by atoms with Crippen LogP contribution in [0.3, 0.4) is 0 Å². The Kier molecular flexibility index (Phi) is 5.42.